The van der Waals surface area contributed by atoms with Gasteiger partial charge in [-0.15, -0.1) is 0 Å². The first-order valence-electron chi connectivity index (χ1n) is 11.7. The van der Waals surface area contributed by atoms with Crippen LogP contribution >= 0.6 is 0 Å². The van der Waals surface area contributed by atoms with Crippen molar-refractivity contribution in [1.29, 1.82) is 0 Å². The van der Waals surface area contributed by atoms with Gasteiger partial charge in [0.05, 0.1) is 18.7 Å². The number of nitrogens with zero attached hydrogens (tertiary/aromatic N) is 3. The van der Waals surface area contributed by atoms with Crippen LogP contribution in [0.15, 0.2) is 85.1 Å². The van der Waals surface area contributed by atoms with Crippen molar-refractivity contribution in [3.05, 3.63) is 96.2 Å². The molecule has 172 valence electrons. The monoisotopic (exact) mass is 452 g/mol. The molecule has 3 aromatic carbocycles. The average Bonchev–Trinajstić information content (AvgIpc) is 3.41. The Morgan fingerprint density at radius 2 is 1.85 bits per heavy atom. The van der Waals surface area contributed by atoms with Gasteiger partial charge >= 0.3 is 0 Å². The summed E-state index contributed by atoms with van der Waals surface area (Å²) in [5.41, 5.74) is 1.77. The number of aromatic nitrogens is 2. The Kier molecular flexibility index (Phi) is 6.49. The lowest BCUT2D eigenvalue weighted by molar-refractivity contribution is 0.0916. The fourth-order valence-corrected chi connectivity index (χ4v) is 4.34. The second-order valence-corrected chi connectivity index (χ2v) is 8.63. The predicted octanol–water partition coefficient (Wildman–Crippen LogP) is 5.63. The van der Waals surface area contributed by atoms with Gasteiger partial charge in [0.2, 0.25) is 5.95 Å². The molecule has 5 rings (SSSR count). The highest BCUT2D eigenvalue weighted by Crippen LogP contribution is 2.24. The first-order chi connectivity index (χ1) is 16.7. The second kappa shape index (κ2) is 10.0. The molecule has 0 bridgehead atoms. The molecule has 1 aliphatic rings. The van der Waals surface area contributed by atoms with E-state index in [2.05, 4.69) is 29.4 Å². The molecule has 0 spiro atoms. The van der Waals surface area contributed by atoms with E-state index in [9.17, 15) is 4.79 Å². The fraction of sp³-hybridized carbons (Fsp3) is 0.250. The third kappa shape index (κ3) is 4.92. The van der Waals surface area contributed by atoms with Crippen LogP contribution in [0.4, 0.5) is 11.8 Å². The lowest BCUT2D eigenvalue weighted by Gasteiger charge is -2.25. The molecule has 1 N–H and O–H groups in total. The van der Waals surface area contributed by atoms with Gasteiger partial charge in [-0.25, -0.2) is 4.98 Å². The smallest absolute Gasteiger partial charge is 0.259 e. The number of amides is 1. The number of anilines is 2. The lowest BCUT2D eigenvalue weighted by atomic mass is 10.1. The lowest BCUT2D eigenvalue weighted by Crippen LogP contribution is -2.38. The van der Waals surface area contributed by atoms with Gasteiger partial charge in [0.15, 0.2) is 0 Å². The van der Waals surface area contributed by atoms with Crippen molar-refractivity contribution in [2.24, 2.45) is 0 Å². The van der Waals surface area contributed by atoms with E-state index in [4.69, 9.17) is 9.72 Å². The normalized spacial score (nSPS) is 16.3. The molecule has 1 aromatic heterocycles. The molecule has 6 heteroatoms. The second-order valence-electron chi connectivity index (χ2n) is 8.63. The zero-order chi connectivity index (χ0) is 23.3. The molecule has 1 saturated heterocycles. The van der Waals surface area contributed by atoms with Crippen molar-refractivity contribution in [3.8, 4) is 0 Å². The van der Waals surface area contributed by atoms with E-state index < -0.39 is 0 Å². The van der Waals surface area contributed by atoms with Crippen LogP contribution in [-0.2, 0) is 4.74 Å². The summed E-state index contributed by atoms with van der Waals surface area (Å²) >= 11 is 0. The summed E-state index contributed by atoms with van der Waals surface area (Å²) in [6, 6.07) is 25.8. The average molecular weight is 453 g/mol. The van der Waals surface area contributed by atoms with Gasteiger partial charge in [-0.1, -0.05) is 60.7 Å². The van der Waals surface area contributed by atoms with E-state index in [1.165, 1.54) is 0 Å². The molecule has 1 unspecified atom stereocenters. The van der Waals surface area contributed by atoms with Crippen LogP contribution in [-0.4, -0.2) is 35.1 Å². The number of benzene rings is 3. The maximum Gasteiger partial charge on any atom is 0.259 e. The number of nitrogens with one attached hydrogen (secondary N) is 1. The zero-order valence-corrected chi connectivity index (χ0v) is 19.2. The Bertz CT molecular complexity index is 1270. The number of carbonyl (C=O) groups excluding carboxylic acids is 1. The van der Waals surface area contributed by atoms with Crippen molar-refractivity contribution in [2.75, 3.05) is 23.4 Å². The highest BCUT2D eigenvalue weighted by molar-refractivity contribution is 6.07. The SMILES string of the molecule is C[C@H](Nc1nccc(N(CC2CCCO2)C(=O)c2ccc3ccccc3c2)n1)c1ccccc1. The molecule has 1 fully saturated rings. The van der Waals surface area contributed by atoms with Crippen LogP contribution in [0.25, 0.3) is 10.8 Å². The van der Waals surface area contributed by atoms with Crippen LogP contribution in [0.1, 0.15) is 41.7 Å². The summed E-state index contributed by atoms with van der Waals surface area (Å²) in [7, 11) is 0. The van der Waals surface area contributed by atoms with Crippen LogP contribution in [0, 0.1) is 0 Å². The number of rotatable bonds is 7. The minimum Gasteiger partial charge on any atom is -0.376 e. The minimum absolute atomic E-state index is 0.000904. The Hall–Kier alpha value is -3.77. The van der Waals surface area contributed by atoms with E-state index in [0.29, 0.717) is 23.9 Å². The van der Waals surface area contributed by atoms with Crippen LogP contribution in [0.5, 0.6) is 0 Å². The zero-order valence-electron chi connectivity index (χ0n) is 19.2. The number of hydrogen-bond acceptors (Lipinski definition) is 5. The maximum absolute atomic E-state index is 13.7. The summed E-state index contributed by atoms with van der Waals surface area (Å²) in [5.74, 6) is 0.950. The summed E-state index contributed by atoms with van der Waals surface area (Å²) in [4.78, 5) is 24.6. The van der Waals surface area contributed by atoms with E-state index in [0.717, 1.165) is 35.8 Å². The van der Waals surface area contributed by atoms with Gasteiger partial charge in [-0.05, 0) is 54.3 Å². The standard InChI is InChI=1S/C28H28N4O2/c1-20(21-8-3-2-4-9-21)30-28-29-16-15-26(31-28)32(19-25-12-7-17-34-25)27(33)24-14-13-22-10-5-6-11-23(22)18-24/h2-6,8-11,13-16,18,20,25H,7,12,17,19H2,1H3,(H,29,30,31)/t20-,25?/m0/s1. The quantitative estimate of drug-likeness (QED) is 0.394. The van der Waals surface area contributed by atoms with Crippen molar-refractivity contribution in [1.82, 2.24) is 9.97 Å². The van der Waals surface area contributed by atoms with Crippen LogP contribution in [0.3, 0.4) is 0 Å². The molecule has 1 amide bonds. The topological polar surface area (TPSA) is 67.3 Å². The van der Waals surface area contributed by atoms with Gasteiger partial charge in [-0.2, -0.15) is 4.98 Å². The van der Waals surface area contributed by atoms with Crippen molar-refractivity contribution in [2.45, 2.75) is 31.9 Å². The van der Waals surface area contributed by atoms with Gasteiger partial charge in [0, 0.05) is 18.4 Å². The first kappa shape index (κ1) is 22.0. The molecule has 4 aromatic rings. The number of hydrogen-bond donors (Lipinski definition) is 1. The van der Waals surface area contributed by atoms with Gasteiger partial charge in [0.25, 0.3) is 5.91 Å². The number of carbonyl (C=O) groups is 1. The molecule has 2 heterocycles. The van der Waals surface area contributed by atoms with Crippen molar-refractivity contribution in [3.63, 3.8) is 0 Å². The predicted molar refractivity (Wildman–Crippen MR) is 135 cm³/mol. The minimum atomic E-state index is -0.0954. The fourth-order valence-electron chi connectivity index (χ4n) is 4.34. The van der Waals surface area contributed by atoms with E-state index in [-0.39, 0.29) is 18.1 Å². The third-order valence-electron chi connectivity index (χ3n) is 6.21. The molecule has 1 aliphatic heterocycles. The third-order valence-corrected chi connectivity index (χ3v) is 6.21. The van der Waals surface area contributed by atoms with Crippen LogP contribution < -0.4 is 10.2 Å². The molecule has 6 nitrogen and oxygen atoms in total. The largest absolute Gasteiger partial charge is 0.376 e. The summed E-state index contributed by atoms with van der Waals surface area (Å²) in [5, 5.41) is 5.50. The highest BCUT2D eigenvalue weighted by Gasteiger charge is 2.26. The summed E-state index contributed by atoms with van der Waals surface area (Å²) in [6.07, 6.45) is 3.63. The van der Waals surface area contributed by atoms with Crippen molar-refractivity contribution < 1.29 is 9.53 Å². The Balaban J connectivity index is 1.44. The molecular formula is C28H28N4O2. The Morgan fingerprint density at radius 1 is 1.06 bits per heavy atom. The van der Waals surface area contributed by atoms with Gasteiger partial charge < -0.3 is 10.1 Å². The molecule has 0 aliphatic carbocycles. The van der Waals surface area contributed by atoms with Crippen molar-refractivity contribution >= 4 is 28.4 Å². The van der Waals surface area contributed by atoms with E-state index in [1.54, 1.807) is 17.2 Å². The van der Waals surface area contributed by atoms with Crippen LogP contribution in [0.2, 0.25) is 0 Å². The number of fused-ring (bicyclic) bond motifs is 1. The van der Waals surface area contributed by atoms with E-state index >= 15 is 0 Å². The number of ether oxygens (including phenoxy) is 1. The summed E-state index contributed by atoms with van der Waals surface area (Å²) < 4.78 is 5.86. The Labute approximate surface area is 199 Å². The molecular weight excluding hydrogens is 424 g/mol. The van der Waals surface area contributed by atoms with E-state index in [1.807, 2.05) is 60.7 Å². The van der Waals surface area contributed by atoms with Gasteiger partial charge in [0.1, 0.15) is 5.82 Å². The molecule has 34 heavy (non-hydrogen) atoms. The molecule has 0 radical (unpaired) electrons. The first-order valence-corrected chi connectivity index (χ1v) is 11.7. The maximum atomic E-state index is 13.7. The summed E-state index contributed by atoms with van der Waals surface area (Å²) in [6.45, 7) is 3.25. The molecule has 2 atom stereocenters. The Morgan fingerprint density at radius 3 is 2.65 bits per heavy atom. The highest BCUT2D eigenvalue weighted by atomic mass is 16.5. The molecule has 0 saturated carbocycles. The van der Waals surface area contributed by atoms with Gasteiger partial charge in [-0.3, -0.25) is 9.69 Å².